The highest BCUT2D eigenvalue weighted by molar-refractivity contribution is 5.87. The molecule has 5 N–H and O–H groups in total. The average Bonchev–Trinajstić information content (AvgIpc) is 4.09. The fourth-order valence-corrected chi connectivity index (χ4v) is 9.94. The van der Waals surface area contributed by atoms with Crippen molar-refractivity contribution in [3.05, 3.63) is 59.4 Å². The summed E-state index contributed by atoms with van der Waals surface area (Å²) in [5, 5.41) is 66.9. The van der Waals surface area contributed by atoms with E-state index in [0.717, 1.165) is 5.57 Å². The first-order chi connectivity index (χ1) is 32.6. The monoisotopic (exact) mass is 971 g/mol. The largest absolute Gasteiger partial charge is 0.490 e. The number of terminal acetylenes is 1. The third-order valence-electron chi connectivity index (χ3n) is 14.6. The highest BCUT2D eigenvalue weighted by Gasteiger charge is 2.53. The van der Waals surface area contributed by atoms with Crippen LogP contribution in [0.2, 0.25) is 0 Å². The van der Waals surface area contributed by atoms with Crippen LogP contribution in [-0.4, -0.2) is 130 Å². The summed E-state index contributed by atoms with van der Waals surface area (Å²) in [6.45, 7) is 18.3. The molecule has 0 aromatic heterocycles. The van der Waals surface area contributed by atoms with Gasteiger partial charge < -0.3 is 58.7 Å². The van der Waals surface area contributed by atoms with Crippen LogP contribution in [0.4, 0.5) is 0 Å². The minimum Gasteiger partial charge on any atom is -0.490 e. The van der Waals surface area contributed by atoms with E-state index >= 15 is 0 Å². The molecule has 2 fully saturated rings. The van der Waals surface area contributed by atoms with Crippen molar-refractivity contribution in [2.75, 3.05) is 14.2 Å². The van der Waals surface area contributed by atoms with Gasteiger partial charge in [-0.1, -0.05) is 89.1 Å². The molecule has 0 bridgehead atoms. The van der Waals surface area contributed by atoms with Crippen LogP contribution in [0.5, 0.6) is 0 Å². The number of methoxy groups -OCH3 is 2. The second-order valence-electron chi connectivity index (χ2n) is 19.9. The summed E-state index contributed by atoms with van der Waals surface area (Å²) in [6, 6.07) is 0. The molecule has 0 spiro atoms. The maximum absolute atomic E-state index is 14.0. The van der Waals surface area contributed by atoms with Gasteiger partial charge in [-0.15, -0.1) is 12.3 Å². The number of hydrogen-bond donors (Lipinski definition) is 5. The number of rotatable bonds is 16. The van der Waals surface area contributed by atoms with E-state index in [9.17, 15) is 35.1 Å². The number of hydrogen-bond acceptors (Lipinski definition) is 16. The molecule has 4 aliphatic rings. The molecular formula is C53H82N2O14. The Kier molecular flexibility index (Phi) is 21.9. The Morgan fingerprint density at radius 2 is 1.75 bits per heavy atom. The number of carbonyl (C=O) groups excluding carboxylic acids is 2. The number of nitrogens with zero attached hydrogens (tertiary/aromatic N) is 2. The van der Waals surface area contributed by atoms with Crippen LogP contribution in [0.1, 0.15) is 121 Å². The first-order valence-electron chi connectivity index (χ1n) is 24.7. The van der Waals surface area contributed by atoms with Crippen LogP contribution in [-0.2, 0) is 42.7 Å². The maximum atomic E-state index is 14.0. The van der Waals surface area contributed by atoms with E-state index in [4.69, 9.17) is 39.6 Å². The Morgan fingerprint density at radius 3 is 2.36 bits per heavy atom. The Balaban J connectivity index is 1.60. The fourth-order valence-electron chi connectivity index (χ4n) is 9.94. The van der Waals surface area contributed by atoms with Crippen LogP contribution in [0.25, 0.3) is 0 Å². The van der Waals surface area contributed by atoms with Gasteiger partial charge in [0.1, 0.15) is 24.4 Å². The highest BCUT2D eigenvalue weighted by Crippen LogP contribution is 2.43. The fraction of sp³-hybridized carbons (Fsp3) is 0.736. The molecule has 4 heterocycles. The quantitative estimate of drug-likeness (QED) is 0.0611. The van der Waals surface area contributed by atoms with Crippen molar-refractivity contribution in [3.8, 4) is 12.3 Å². The van der Waals surface area contributed by atoms with Gasteiger partial charge in [0, 0.05) is 75.2 Å². The maximum Gasteiger partial charge on any atom is 0.373 e. The van der Waals surface area contributed by atoms with Crippen molar-refractivity contribution in [2.45, 2.75) is 199 Å². The molecule has 0 aromatic rings. The molecule has 69 heavy (non-hydrogen) atoms. The van der Waals surface area contributed by atoms with Crippen molar-refractivity contribution in [2.24, 2.45) is 45.7 Å². The van der Waals surface area contributed by atoms with Gasteiger partial charge in [-0.3, -0.25) is 4.79 Å². The van der Waals surface area contributed by atoms with E-state index in [1.54, 1.807) is 52.0 Å². The number of carbonyl (C=O) groups is 2. The molecule has 388 valence electrons. The van der Waals surface area contributed by atoms with Gasteiger partial charge in [0.15, 0.2) is 17.7 Å². The van der Waals surface area contributed by atoms with Gasteiger partial charge in [0.2, 0.25) is 5.76 Å². The standard InChI is InChI=1S/C53H82N2O14/c1-14-17-23-52(54-55-52)24-22-44(56)66-41-28-45(65-37(11)49(41)60)67-43-29-53(62,69-39(19-15-2)34(43)8)36(10)48(59)35(9)50-40(63-12)21-18-20-30(4)25-32(6)46(57)38(16-3)47(58)33(7)26-31(5)27-42(64-13)51(61)68-50/h1,15,18-21,26-27,32-41,43,45-50,57-60,62H,16-17,22-25,28-29H2,2-13H3/b19-15+,21-18+,30-20+,31-26+,42-27-/t32-,33-,34-,35+,36+,37+,38+,39-,40+,41+,43-,45-,46+,47-,48-,49+,50-,53-/m1/s1. The molecule has 16 nitrogen and oxygen atoms in total. The number of cyclic esters (lactones) is 1. The van der Waals surface area contributed by atoms with Gasteiger partial charge in [0.05, 0.1) is 43.7 Å². The van der Waals surface area contributed by atoms with Crippen LogP contribution in [0.15, 0.2) is 69.7 Å². The molecule has 4 rings (SSSR count). The van der Waals surface area contributed by atoms with E-state index in [-0.39, 0.29) is 48.7 Å². The smallest absolute Gasteiger partial charge is 0.373 e. The molecule has 0 aromatic carbocycles. The summed E-state index contributed by atoms with van der Waals surface area (Å²) >= 11 is 0. The Labute approximate surface area is 410 Å². The van der Waals surface area contributed by atoms with Crippen molar-refractivity contribution in [3.63, 3.8) is 0 Å². The van der Waals surface area contributed by atoms with E-state index in [0.29, 0.717) is 37.7 Å². The van der Waals surface area contributed by atoms with Gasteiger partial charge in [0.25, 0.3) is 0 Å². The minimum atomic E-state index is -1.99. The van der Waals surface area contributed by atoms with Crippen LogP contribution >= 0.6 is 0 Å². The lowest BCUT2D eigenvalue weighted by atomic mass is 9.77. The lowest BCUT2D eigenvalue weighted by Crippen LogP contribution is -2.59. The lowest BCUT2D eigenvalue weighted by molar-refractivity contribution is -0.339. The second-order valence-corrected chi connectivity index (χ2v) is 19.9. The summed E-state index contributed by atoms with van der Waals surface area (Å²) in [7, 11) is 2.81. The molecule has 0 radical (unpaired) electrons. The van der Waals surface area contributed by atoms with Crippen molar-refractivity contribution in [1.82, 2.24) is 0 Å². The number of allylic oxidation sites excluding steroid dienone is 6. The summed E-state index contributed by atoms with van der Waals surface area (Å²) in [5.41, 5.74) is 0.922. The Bertz CT molecular complexity index is 1920. The van der Waals surface area contributed by atoms with Crippen molar-refractivity contribution in [1.29, 1.82) is 0 Å². The third-order valence-corrected chi connectivity index (χ3v) is 14.6. The molecule has 16 heteroatoms. The lowest BCUT2D eigenvalue weighted by Gasteiger charge is -2.50. The second kappa shape index (κ2) is 26.1. The van der Waals surface area contributed by atoms with E-state index in [2.05, 4.69) is 16.1 Å². The molecule has 18 atom stereocenters. The van der Waals surface area contributed by atoms with Gasteiger partial charge in [-0.2, -0.15) is 10.2 Å². The van der Waals surface area contributed by atoms with E-state index in [1.807, 2.05) is 53.7 Å². The van der Waals surface area contributed by atoms with Gasteiger partial charge in [-0.25, -0.2) is 4.79 Å². The zero-order chi connectivity index (χ0) is 51.4. The third kappa shape index (κ3) is 15.4. The minimum absolute atomic E-state index is 0.0163. The zero-order valence-corrected chi connectivity index (χ0v) is 42.9. The van der Waals surface area contributed by atoms with Gasteiger partial charge in [-0.05, 0) is 52.5 Å². The number of ether oxygens (including phenoxy) is 7. The number of aliphatic hydroxyl groups excluding tert-OH is 4. The molecule has 0 aliphatic carbocycles. The van der Waals surface area contributed by atoms with Crippen LogP contribution in [0.3, 0.4) is 0 Å². The number of esters is 2. The molecule has 4 aliphatic heterocycles. The summed E-state index contributed by atoms with van der Waals surface area (Å²) in [6.07, 6.45) is 10.0. The molecule has 0 unspecified atom stereocenters. The highest BCUT2D eigenvalue weighted by atomic mass is 16.7. The Hall–Kier alpha value is -3.76. The van der Waals surface area contributed by atoms with Crippen LogP contribution in [0, 0.1) is 47.9 Å². The average molecular weight is 971 g/mol. The first kappa shape index (κ1) is 57.8. The first-order valence-corrected chi connectivity index (χ1v) is 24.7. The van der Waals surface area contributed by atoms with Gasteiger partial charge >= 0.3 is 11.9 Å². The predicted octanol–water partition coefficient (Wildman–Crippen LogP) is 6.79. The summed E-state index contributed by atoms with van der Waals surface area (Å²) in [4.78, 5) is 27.1. The van der Waals surface area contributed by atoms with E-state index < -0.39 is 103 Å². The summed E-state index contributed by atoms with van der Waals surface area (Å²) in [5.74, 6) is -4.05. The van der Waals surface area contributed by atoms with Crippen LogP contribution < -0.4 is 0 Å². The molecule has 0 amide bonds. The van der Waals surface area contributed by atoms with E-state index in [1.165, 1.54) is 20.3 Å². The molecule has 0 saturated carbocycles. The SMILES string of the molecule is C#CCCC1(CCC(=O)O[C@H]2C[C@@H](O[C@@H]3C[C@](O)([C@@H](C)[C@H](O)[C@H](C)[C@H]4OC(=O)/C(OC)=C/C(C)=C/[C@@H](C)[C@@H](O)[C@@H](CC)[C@@H](O)[C@H](C)C/C(C)=C/C=C/[C@@H]4OC)O[C@H](/C=C/C)[C@H]3C)O[C@@H](C)[C@@H]2O)N=N1. The Morgan fingerprint density at radius 1 is 1.06 bits per heavy atom. The number of aliphatic hydroxyl groups is 5. The summed E-state index contributed by atoms with van der Waals surface area (Å²) < 4.78 is 42.6. The van der Waals surface area contributed by atoms with Crippen molar-refractivity contribution >= 4 is 11.9 Å². The normalized spacial score (nSPS) is 39.9. The topological polar surface area (TPSA) is 225 Å². The molecular weight excluding hydrogens is 889 g/mol. The zero-order valence-electron chi connectivity index (χ0n) is 42.9. The molecule has 2 saturated heterocycles. The van der Waals surface area contributed by atoms with Crippen molar-refractivity contribution < 1.29 is 68.3 Å². The predicted molar refractivity (Wildman–Crippen MR) is 259 cm³/mol.